The minimum atomic E-state index is 0.00463. The molecule has 1 saturated carbocycles. The highest BCUT2D eigenvalue weighted by Gasteiger charge is 2.37. The Morgan fingerprint density at radius 3 is 2.80 bits per heavy atom. The summed E-state index contributed by atoms with van der Waals surface area (Å²) in [6, 6.07) is 0.00463. The average molecular weight is 210 g/mol. The highest BCUT2D eigenvalue weighted by molar-refractivity contribution is 5.82. The van der Waals surface area contributed by atoms with Crippen LogP contribution in [-0.2, 0) is 4.79 Å². The number of carbonyl (C=O) groups is 1. The number of hydrogen-bond acceptors (Lipinski definition) is 2. The van der Waals surface area contributed by atoms with E-state index in [1.54, 1.807) is 0 Å². The van der Waals surface area contributed by atoms with Gasteiger partial charge < -0.3 is 10.6 Å². The van der Waals surface area contributed by atoms with Gasteiger partial charge in [0.15, 0.2) is 0 Å². The molecular weight excluding hydrogens is 188 g/mol. The molecule has 15 heavy (non-hydrogen) atoms. The Bertz CT molecular complexity index is 246. The lowest BCUT2D eigenvalue weighted by molar-refractivity contribution is -0.126. The van der Waals surface area contributed by atoms with Crippen LogP contribution in [0.2, 0.25) is 0 Å². The number of carbonyl (C=O) groups excluding carboxylic acids is 1. The van der Waals surface area contributed by atoms with Crippen molar-refractivity contribution < 1.29 is 4.79 Å². The third-order valence-corrected chi connectivity index (χ3v) is 3.65. The molecule has 0 aromatic carbocycles. The SMILES string of the molecule is CC1(C)CCCNC1C(=O)NCC1CC1. The molecule has 3 heteroatoms. The third kappa shape index (κ3) is 2.71. The van der Waals surface area contributed by atoms with Crippen molar-refractivity contribution in [2.75, 3.05) is 13.1 Å². The van der Waals surface area contributed by atoms with E-state index in [0.29, 0.717) is 0 Å². The summed E-state index contributed by atoms with van der Waals surface area (Å²) in [5.41, 5.74) is 0.103. The second-order valence-electron chi connectivity index (χ2n) is 5.67. The van der Waals surface area contributed by atoms with E-state index in [2.05, 4.69) is 24.5 Å². The van der Waals surface area contributed by atoms with Crippen LogP contribution in [0.15, 0.2) is 0 Å². The van der Waals surface area contributed by atoms with Crippen molar-refractivity contribution >= 4 is 5.91 Å². The smallest absolute Gasteiger partial charge is 0.237 e. The highest BCUT2D eigenvalue weighted by Crippen LogP contribution is 2.31. The zero-order chi connectivity index (χ0) is 10.9. The molecular formula is C12H22N2O. The van der Waals surface area contributed by atoms with Gasteiger partial charge in [0.1, 0.15) is 0 Å². The fourth-order valence-corrected chi connectivity index (χ4v) is 2.33. The van der Waals surface area contributed by atoms with Crippen LogP contribution in [0.5, 0.6) is 0 Å². The Labute approximate surface area is 92.0 Å². The van der Waals surface area contributed by atoms with Gasteiger partial charge in [0.25, 0.3) is 0 Å². The number of piperidine rings is 1. The lowest BCUT2D eigenvalue weighted by atomic mass is 9.77. The predicted octanol–water partition coefficient (Wildman–Crippen LogP) is 1.29. The van der Waals surface area contributed by atoms with Gasteiger partial charge in [0.05, 0.1) is 6.04 Å². The molecule has 1 saturated heterocycles. The van der Waals surface area contributed by atoms with Crippen LogP contribution in [0.25, 0.3) is 0 Å². The molecule has 3 nitrogen and oxygen atoms in total. The maximum Gasteiger partial charge on any atom is 0.237 e. The van der Waals surface area contributed by atoms with Crippen molar-refractivity contribution in [1.82, 2.24) is 10.6 Å². The molecule has 1 heterocycles. The van der Waals surface area contributed by atoms with Crippen molar-refractivity contribution in [1.29, 1.82) is 0 Å². The number of nitrogens with one attached hydrogen (secondary N) is 2. The Morgan fingerprint density at radius 2 is 2.20 bits per heavy atom. The summed E-state index contributed by atoms with van der Waals surface area (Å²) >= 11 is 0. The summed E-state index contributed by atoms with van der Waals surface area (Å²) in [4.78, 5) is 12.0. The Morgan fingerprint density at radius 1 is 1.47 bits per heavy atom. The van der Waals surface area contributed by atoms with Gasteiger partial charge in [0.2, 0.25) is 5.91 Å². The van der Waals surface area contributed by atoms with Crippen LogP contribution in [0, 0.1) is 11.3 Å². The van der Waals surface area contributed by atoms with Gasteiger partial charge in [-0.1, -0.05) is 13.8 Å². The van der Waals surface area contributed by atoms with Crippen LogP contribution >= 0.6 is 0 Å². The van der Waals surface area contributed by atoms with Gasteiger partial charge in [-0.25, -0.2) is 0 Å². The van der Waals surface area contributed by atoms with Crippen molar-refractivity contribution in [3.05, 3.63) is 0 Å². The van der Waals surface area contributed by atoms with Crippen LogP contribution in [-0.4, -0.2) is 25.0 Å². The first-order chi connectivity index (χ1) is 7.09. The number of amides is 1. The normalized spacial score (nSPS) is 29.9. The topological polar surface area (TPSA) is 41.1 Å². The molecule has 2 aliphatic rings. The van der Waals surface area contributed by atoms with Crippen molar-refractivity contribution in [2.45, 2.75) is 45.6 Å². The van der Waals surface area contributed by atoms with E-state index in [4.69, 9.17) is 0 Å². The molecule has 2 fully saturated rings. The average Bonchev–Trinajstić information content (AvgIpc) is 2.97. The van der Waals surface area contributed by atoms with Crippen LogP contribution in [0.3, 0.4) is 0 Å². The minimum Gasteiger partial charge on any atom is -0.354 e. The van der Waals surface area contributed by atoms with Gasteiger partial charge in [-0.2, -0.15) is 0 Å². The summed E-state index contributed by atoms with van der Waals surface area (Å²) in [6.07, 6.45) is 4.91. The summed E-state index contributed by atoms with van der Waals surface area (Å²) in [6.45, 7) is 6.22. The van der Waals surface area contributed by atoms with E-state index < -0.39 is 0 Å². The largest absolute Gasteiger partial charge is 0.354 e. The van der Waals surface area contributed by atoms with E-state index in [-0.39, 0.29) is 17.4 Å². The summed E-state index contributed by atoms with van der Waals surface area (Å²) in [7, 11) is 0. The van der Waals surface area contributed by atoms with E-state index >= 15 is 0 Å². The molecule has 0 aromatic heterocycles. The van der Waals surface area contributed by atoms with Crippen molar-refractivity contribution in [2.24, 2.45) is 11.3 Å². The summed E-state index contributed by atoms with van der Waals surface area (Å²) in [5.74, 6) is 0.965. The quantitative estimate of drug-likeness (QED) is 0.737. The van der Waals surface area contributed by atoms with Crippen molar-refractivity contribution in [3.8, 4) is 0 Å². The van der Waals surface area contributed by atoms with Gasteiger partial charge in [-0.15, -0.1) is 0 Å². The first-order valence-corrected chi connectivity index (χ1v) is 6.11. The monoisotopic (exact) mass is 210 g/mol. The second kappa shape index (κ2) is 4.12. The first-order valence-electron chi connectivity index (χ1n) is 6.11. The molecule has 0 aromatic rings. The van der Waals surface area contributed by atoms with Gasteiger partial charge in [-0.3, -0.25) is 4.79 Å². The lowest BCUT2D eigenvalue weighted by Crippen LogP contribution is -2.55. The molecule has 0 bridgehead atoms. The maximum atomic E-state index is 12.0. The molecule has 1 aliphatic carbocycles. The van der Waals surface area contributed by atoms with E-state index in [1.165, 1.54) is 19.3 Å². The second-order valence-corrected chi connectivity index (χ2v) is 5.67. The Kier molecular flexibility index (Phi) is 3.01. The lowest BCUT2D eigenvalue weighted by Gasteiger charge is -2.38. The highest BCUT2D eigenvalue weighted by atomic mass is 16.2. The van der Waals surface area contributed by atoms with Crippen molar-refractivity contribution in [3.63, 3.8) is 0 Å². The first kappa shape index (κ1) is 10.9. The van der Waals surface area contributed by atoms with E-state index in [9.17, 15) is 4.79 Å². The molecule has 0 radical (unpaired) electrons. The molecule has 0 spiro atoms. The zero-order valence-corrected chi connectivity index (χ0v) is 9.81. The molecule has 1 atom stereocenters. The zero-order valence-electron chi connectivity index (χ0n) is 9.81. The van der Waals surface area contributed by atoms with E-state index in [0.717, 1.165) is 25.4 Å². The molecule has 86 valence electrons. The minimum absolute atomic E-state index is 0.00463. The summed E-state index contributed by atoms with van der Waals surface area (Å²) in [5, 5.41) is 6.41. The van der Waals surface area contributed by atoms with Crippen LogP contribution < -0.4 is 10.6 Å². The fourth-order valence-electron chi connectivity index (χ4n) is 2.33. The third-order valence-electron chi connectivity index (χ3n) is 3.65. The molecule has 1 unspecified atom stereocenters. The van der Waals surface area contributed by atoms with Crippen LogP contribution in [0.1, 0.15) is 39.5 Å². The fraction of sp³-hybridized carbons (Fsp3) is 0.917. The van der Waals surface area contributed by atoms with Crippen LogP contribution in [0.4, 0.5) is 0 Å². The molecule has 2 N–H and O–H groups in total. The summed E-state index contributed by atoms with van der Waals surface area (Å²) < 4.78 is 0. The van der Waals surface area contributed by atoms with Gasteiger partial charge in [-0.05, 0) is 43.6 Å². The molecule has 1 amide bonds. The molecule has 2 rings (SSSR count). The standard InChI is InChI=1S/C12H22N2O/c1-12(2)6-3-7-13-10(12)11(15)14-8-9-4-5-9/h9-10,13H,3-8H2,1-2H3,(H,14,15). The molecule has 1 aliphatic heterocycles. The number of hydrogen-bond donors (Lipinski definition) is 2. The van der Waals surface area contributed by atoms with Gasteiger partial charge >= 0.3 is 0 Å². The van der Waals surface area contributed by atoms with Gasteiger partial charge in [0, 0.05) is 6.54 Å². The van der Waals surface area contributed by atoms with E-state index in [1.807, 2.05) is 0 Å². The maximum absolute atomic E-state index is 12.0. The predicted molar refractivity (Wildman–Crippen MR) is 60.5 cm³/mol. The Hall–Kier alpha value is -0.570. The number of rotatable bonds is 3. The Balaban J connectivity index is 1.85.